The van der Waals surface area contributed by atoms with Gasteiger partial charge in [0.2, 0.25) is 5.95 Å². The van der Waals surface area contributed by atoms with Crippen LogP contribution < -0.4 is 5.73 Å². The minimum absolute atomic E-state index is 0.333. The molecule has 18 heavy (non-hydrogen) atoms. The van der Waals surface area contributed by atoms with E-state index in [2.05, 4.69) is 22.1 Å². The van der Waals surface area contributed by atoms with Crippen molar-refractivity contribution in [3.05, 3.63) is 65.9 Å². The predicted molar refractivity (Wildman–Crippen MR) is 73.2 cm³/mol. The molecule has 88 valence electrons. The van der Waals surface area contributed by atoms with E-state index in [1.54, 1.807) is 0 Å². The molecule has 0 aliphatic heterocycles. The van der Waals surface area contributed by atoms with E-state index in [1.165, 1.54) is 5.56 Å². The maximum absolute atomic E-state index is 5.76. The number of rotatable bonds is 2. The van der Waals surface area contributed by atoms with Crippen LogP contribution in [0.25, 0.3) is 10.9 Å². The SMILES string of the molecule is Nc1nc(Cc2ccccc2)c2ccccc2n1. The van der Waals surface area contributed by atoms with Gasteiger partial charge in [-0.05, 0) is 11.6 Å². The average molecular weight is 235 g/mol. The van der Waals surface area contributed by atoms with Crippen molar-refractivity contribution in [1.82, 2.24) is 9.97 Å². The Balaban J connectivity index is 2.11. The molecule has 3 nitrogen and oxygen atoms in total. The Bertz CT molecular complexity index is 678. The summed E-state index contributed by atoms with van der Waals surface area (Å²) >= 11 is 0. The molecule has 0 fully saturated rings. The molecule has 0 unspecified atom stereocenters. The summed E-state index contributed by atoms with van der Waals surface area (Å²) in [5, 5.41) is 1.07. The molecule has 0 aliphatic carbocycles. The van der Waals surface area contributed by atoms with Crippen LogP contribution in [0.4, 0.5) is 5.95 Å². The number of fused-ring (bicyclic) bond motifs is 1. The van der Waals surface area contributed by atoms with Gasteiger partial charge in [-0.25, -0.2) is 9.97 Å². The molecule has 3 aromatic rings. The summed E-state index contributed by atoms with van der Waals surface area (Å²) in [6.45, 7) is 0. The number of aromatic nitrogens is 2. The van der Waals surface area contributed by atoms with Crippen LogP contribution in [-0.2, 0) is 6.42 Å². The normalized spacial score (nSPS) is 10.7. The van der Waals surface area contributed by atoms with Gasteiger partial charge in [0.15, 0.2) is 0 Å². The van der Waals surface area contributed by atoms with Crippen LogP contribution in [0.3, 0.4) is 0 Å². The second kappa shape index (κ2) is 4.45. The summed E-state index contributed by atoms with van der Waals surface area (Å²) in [5.41, 5.74) is 8.85. The Morgan fingerprint density at radius 2 is 1.56 bits per heavy atom. The summed E-state index contributed by atoms with van der Waals surface area (Å²) in [6, 6.07) is 18.2. The van der Waals surface area contributed by atoms with E-state index < -0.39 is 0 Å². The zero-order chi connectivity index (χ0) is 12.4. The van der Waals surface area contributed by atoms with Gasteiger partial charge in [-0.2, -0.15) is 0 Å². The molecule has 0 radical (unpaired) electrons. The van der Waals surface area contributed by atoms with Crippen molar-refractivity contribution >= 4 is 16.9 Å². The molecule has 2 N–H and O–H groups in total. The fourth-order valence-electron chi connectivity index (χ4n) is 2.09. The number of nitrogen functional groups attached to an aromatic ring is 1. The largest absolute Gasteiger partial charge is 0.368 e. The maximum Gasteiger partial charge on any atom is 0.220 e. The maximum atomic E-state index is 5.76. The molecule has 2 aromatic carbocycles. The van der Waals surface area contributed by atoms with E-state index in [0.29, 0.717) is 5.95 Å². The fourth-order valence-corrected chi connectivity index (χ4v) is 2.09. The number of benzene rings is 2. The molecule has 0 atom stereocenters. The lowest BCUT2D eigenvalue weighted by Gasteiger charge is -2.06. The van der Waals surface area contributed by atoms with Crippen LogP contribution >= 0.6 is 0 Å². The van der Waals surface area contributed by atoms with Crippen LogP contribution in [-0.4, -0.2) is 9.97 Å². The Morgan fingerprint density at radius 1 is 0.833 bits per heavy atom. The smallest absolute Gasteiger partial charge is 0.220 e. The quantitative estimate of drug-likeness (QED) is 0.743. The predicted octanol–water partition coefficient (Wildman–Crippen LogP) is 2.80. The van der Waals surface area contributed by atoms with Gasteiger partial charge in [-0.1, -0.05) is 48.5 Å². The van der Waals surface area contributed by atoms with Crippen molar-refractivity contribution in [2.24, 2.45) is 0 Å². The van der Waals surface area contributed by atoms with Gasteiger partial charge in [0, 0.05) is 11.8 Å². The first-order valence-corrected chi connectivity index (χ1v) is 5.88. The minimum atomic E-state index is 0.333. The second-order valence-corrected chi connectivity index (χ2v) is 4.21. The van der Waals surface area contributed by atoms with E-state index in [9.17, 15) is 0 Å². The van der Waals surface area contributed by atoms with Gasteiger partial charge in [-0.3, -0.25) is 0 Å². The van der Waals surface area contributed by atoms with E-state index in [0.717, 1.165) is 23.0 Å². The van der Waals surface area contributed by atoms with Crippen molar-refractivity contribution in [3.63, 3.8) is 0 Å². The molecule has 3 rings (SSSR count). The molecule has 0 saturated heterocycles. The van der Waals surface area contributed by atoms with Crippen molar-refractivity contribution in [1.29, 1.82) is 0 Å². The van der Waals surface area contributed by atoms with Crippen LogP contribution in [0.1, 0.15) is 11.3 Å². The molecule has 1 aromatic heterocycles. The number of para-hydroxylation sites is 1. The molecular formula is C15H13N3. The van der Waals surface area contributed by atoms with Crippen LogP contribution in [0.2, 0.25) is 0 Å². The lowest BCUT2D eigenvalue weighted by molar-refractivity contribution is 1.07. The highest BCUT2D eigenvalue weighted by Crippen LogP contribution is 2.19. The first kappa shape index (κ1) is 10.7. The summed E-state index contributed by atoms with van der Waals surface area (Å²) in [5.74, 6) is 0.333. The van der Waals surface area contributed by atoms with E-state index in [4.69, 9.17) is 5.73 Å². The Hall–Kier alpha value is -2.42. The van der Waals surface area contributed by atoms with Gasteiger partial charge in [-0.15, -0.1) is 0 Å². The van der Waals surface area contributed by atoms with Crippen LogP contribution in [0.5, 0.6) is 0 Å². The topological polar surface area (TPSA) is 51.8 Å². The number of nitrogens with two attached hydrogens (primary N) is 1. The van der Waals surface area contributed by atoms with Gasteiger partial charge in [0.1, 0.15) is 0 Å². The van der Waals surface area contributed by atoms with Gasteiger partial charge >= 0.3 is 0 Å². The number of hydrogen-bond acceptors (Lipinski definition) is 3. The van der Waals surface area contributed by atoms with E-state index >= 15 is 0 Å². The summed E-state index contributed by atoms with van der Waals surface area (Å²) < 4.78 is 0. The van der Waals surface area contributed by atoms with Crippen LogP contribution in [0, 0.1) is 0 Å². The fraction of sp³-hybridized carbons (Fsp3) is 0.0667. The highest BCUT2D eigenvalue weighted by molar-refractivity contribution is 5.82. The summed E-state index contributed by atoms with van der Waals surface area (Å²) in [6.07, 6.45) is 0.772. The zero-order valence-electron chi connectivity index (χ0n) is 9.88. The monoisotopic (exact) mass is 235 g/mol. The molecule has 0 spiro atoms. The van der Waals surface area contributed by atoms with Gasteiger partial charge < -0.3 is 5.73 Å². The number of nitrogens with zero attached hydrogens (tertiary/aromatic N) is 2. The van der Waals surface area contributed by atoms with Gasteiger partial charge in [0.05, 0.1) is 11.2 Å². The number of anilines is 1. The van der Waals surface area contributed by atoms with E-state index in [1.807, 2.05) is 42.5 Å². The minimum Gasteiger partial charge on any atom is -0.368 e. The Morgan fingerprint density at radius 3 is 2.39 bits per heavy atom. The lowest BCUT2D eigenvalue weighted by Crippen LogP contribution is -2.01. The third kappa shape index (κ3) is 2.02. The summed E-state index contributed by atoms with van der Waals surface area (Å²) in [4.78, 5) is 8.61. The first-order chi connectivity index (χ1) is 8.83. The highest BCUT2D eigenvalue weighted by atomic mass is 15.0. The average Bonchev–Trinajstić information content (AvgIpc) is 2.40. The van der Waals surface area contributed by atoms with Crippen molar-refractivity contribution in [2.45, 2.75) is 6.42 Å². The van der Waals surface area contributed by atoms with E-state index in [-0.39, 0.29) is 0 Å². The standard InChI is InChI=1S/C15H13N3/c16-15-17-13-9-5-4-8-12(13)14(18-15)10-11-6-2-1-3-7-11/h1-9H,10H2,(H2,16,17,18). The van der Waals surface area contributed by atoms with Crippen molar-refractivity contribution < 1.29 is 0 Å². The zero-order valence-corrected chi connectivity index (χ0v) is 9.88. The highest BCUT2D eigenvalue weighted by Gasteiger charge is 2.06. The van der Waals surface area contributed by atoms with Crippen molar-refractivity contribution in [2.75, 3.05) is 5.73 Å². The molecule has 0 bridgehead atoms. The van der Waals surface area contributed by atoms with Crippen LogP contribution in [0.15, 0.2) is 54.6 Å². The van der Waals surface area contributed by atoms with Crippen molar-refractivity contribution in [3.8, 4) is 0 Å². The molecule has 0 saturated carbocycles. The number of hydrogen-bond donors (Lipinski definition) is 1. The molecule has 1 heterocycles. The Labute approximate surface area is 105 Å². The third-order valence-corrected chi connectivity index (χ3v) is 2.91. The summed E-state index contributed by atoms with van der Waals surface area (Å²) in [7, 11) is 0. The molecule has 3 heteroatoms. The molecular weight excluding hydrogens is 222 g/mol. The second-order valence-electron chi connectivity index (χ2n) is 4.21. The van der Waals surface area contributed by atoms with Gasteiger partial charge in [0.25, 0.3) is 0 Å². The lowest BCUT2D eigenvalue weighted by atomic mass is 10.1. The molecule has 0 aliphatic rings. The Kier molecular flexibility index (Phi) is 2.65. The third-order valence-electron chi connectivity index (χ3n) is 2.91. The molecule has 0 amide bonds. The first-order valence-electron chi connectivity index (χ1n) is 5.88.